The summed E-state index contributed by atoms with van der Waals surface area (Å²) in [6.45, 7) is 7.00. The summed E-state index contributed by atoms with van der Waals surface area (Å²) in [4.78, 5) is 38.9. The predicted molar refractivity (Wildman–Crippen MR) is 132 cm³/mol. The van der Waals surface area contributed by atoms with Gasteiger partial charge in [-0.05, 0) is 45.5 Å². The van der Waals surface area contributed by atoms with Crippen molar-refractivity contribution in [3.63, 3.8) is 0 Å². The van der Waals surface area contributed by atoms with E-state index >= 15 is 0 Å². The molecule has 0 radical (unpaired) electrons. The molecule has 4 atom stereocenters. The van der Waals surface area contributed by atoms with Crippen LogP contribution in [0.15, 0.2) is 6.33 Å². The Labute approximate surface area is 214 Å². The number of hydrogen-bond acceptors (Lipinski definition) is 10. The number of nitrogen functional groups attached to an aromatic ring is 1. The van der Waals surface area contributed by atoms with Gasteiger partial charge in [0.1, 0.15) is 17.7 Å². The Balaban J connectivity index is 1.45. The number of rotatable bonds is 5. The van der Waals surface area contributed by atoms with Crippen molar-refractivity contribution in [3.05, 3.63) is 12.2 Å². The number of hydrogen-bond donors (Lipinski definition) is 4. The average Bonchev–Trinajstić information content (AvgIpc) is 3.40. The van der Waals surface area contributed by atoms with Crippen LogP contribution in [0.2, 0.25) is 0 Å². The number of ether oxygens (including phenoxy) is 2. The van der Waals surface area contributed by atoms with E-state index in [9.17, 15) is 19.8 Å². The van der Waals surface area contributed by atoms with Crippen LogP contribution in [0, 0.1) is 17.8 Å². The Morgan fingerprint density at radius 3 is 2.68 bits per heavy atom. The molecule has 0 saturated carbocycles. The van der Waals surface area contributed by atoms with Gasteiger partial charge in [0.15, 0.2) is 23.8 Å². The minimum Gasteiger partial charge on any atom is -0.447 e. The summed E-state index contributed by atoms with van der Waals surface area (Å²) in [5, 5.41) is 23.5. The largest absolute Gasteiger partial charge is 0.447 e. The lowest BCUT2D eigenvalue weighted by atomic mass is 9.94. The molecule has 2 fully saturated rings. The molecule has 4 heterocycles. The van der Waals surface area contributed by atoms with E-state index in [4.69, 9.17) is 15.2 Å². The average molecular weight is 516 g/mol. The van der Waals surface area contributed by atoms with Gasteiger partial charge in [0.2, 0.25) is 5.82 Å². The topological polar surface area (TPSA) is 178 Å². The third-order valence-corrected chi connectivity index (χ3v) is 6.37. The van der Waals surface area contributed by atoms with Crippen LogP contribution < -0.4 is 11.1 Å². The fourth-order valence-corrected chi connectivity index (χ4v) is 4.43. The summed E-state index contributed by atoms with van der Waals surface area (Å²) < 4.78 is 12.3. The lowest BCUT2D eigenvalue weighted by molar-refractivity contribution is -0.137. The number of carbonyl (C=O) groups is 2. The van der Waals surface area contributed by atoms with Crippen molar-refractivity contribution in [2.45, 2.75) is 70.7 Å². The van der Waals surface area contributed by atoms with Gasteiger partial charge in [0, 0.05) is 26.1 Å². The summed E-state index contributed by atoms with van der Waals surface area (Å²) >= 11 is 0. The van der Waals surface area contributed by atoms with Crippen molar-refractivity contribution < 1.29 is 29.3 Å². The van der Waals surface area contributed by atoms with Gasteiger partial charge in [-0.25, -0.2) is 19.7 Å². The van der Waals surface area contributed by atoms with Crippen LogP contribution >= 0.6 is 0 Å². The number of likely N-dealkylation sites (tertiary alicyclic amines) is 1. The highest BCUT2D eigenvalue weighted by molar-refractivity contribution is 5.83. The standard InChI is InChI=1S/C24H33N7O6/c1-4-26-22(34)19-17(32)18(33)23(37-19)31-12-27-16-20(25)28-15(29-21(16)31)7-5-6-14-8-10-30(11-9-14)24(35)36-13(2)3/h12-14,17-19,23,32-33H,4,6,8-11H2,1-3H3,(H,26,34)(H2,25,28,29)/t17?,18?,19-,23+/m0/s1. The van der Waals surface area contributed by atoms with Crippen molar-refractivity contribution in [1.29, 1.82) is 0 Å². The van der Waals surface area contributed by atoms with Gasteiger partial charge in [0.25, 0.3) is 5.91 Å². The lowest BCUT2D eigenvalue weighted by Gasteiger charge is -2.31. The number of fused-ring (bicyclic) bond motifs is 1. The summed E-state index contributed by atoms with van der Waals surface area (Å²) in [7, 11) is 0. The number of piperidine rings is 1. The first-order chi connectivity index (χ1) is 17.7. The molecule has 2 aliphatic heterocycles. The van der Waals surface area contributed by atoms with E-state index in [1.165, 1.54) is 10.9 Å². The van der Waals surface area contributed by atoms with Crippen molar-refractivity contribution >= 4 is 29.0 Å². The highest BCUT2D eigenvalue weighted by Gasteiger charge is 2.47. The van der Waals surface area contributed by atoms with Crippen molar-refractivity contribution in [3.8, 4) is 11.8 Å². The summed E-state index contributed by atoms with van der Waals surface area (Å²) in [5.41, 5.74) is 6.63. The lowest BCUT2D eigenvalue weighted by Crippen LogP contribution is -2.42. The van der Waals surface area contributed by atoms with Gasteiger partial charge in [-0.3, -0.25) is 9.36 Å². The number of amides is 2. The van der Waals surface area contributed by atoms with Crippen LogP contribution in [0.1, 0.15) is 52.1 Å². The summed E-state index contributed by atoms with van der Waals surface area (Å²) in [6.07, 6.45) is -1.97. The molecular formula is C24H33N7O6. The second kappa shape index (κ2) is 11.3. The maximum Gasteiger partial charge on any atom is 0.410 e. The molecule has 2 amide bonds. The molecule has 2 aromatic rings. The third-order valence-electron chi connectivity index (χ3n) is 6.37. The molecule has 2 aliphatic rings. The number of carbonyl (C=O) groups excluding carboxylic acids is 2. The minimum absolute atomic E-state index is 0.110. The van der Waals surface area contributed by atoms with Crippen LogP contribution in [-0.2, 0) is 14.3 Å². The molecule has 2 unspecified atom stereocenters. The predicted octanol–water partition coefficient (Wildman–Crippen LogP) is 0.162. The van der Waals surface area contributed by atoms with E-state index in [0.717, 1.165) is 12.8 Å². The molecule has 4 rings (SSSR count). The van der Waals surface area contributed by atoms with Crippen molar-refractivity contribution in [1.82, 2.24) is 29.7 Å². The van der Waals surface area contributed by atoms with Gasteiger partial charge >= 0.3 is 6.09 Å². The SMILES string of the molecule is CCNC(=O)[C@H]1O[C@@H](n2cnc3c(N)nc(C#CCC4CCN(C(=O)OC(C)C)CC4)nc32)C(O)C1O. The van der Waals surface area contributed by atoms with Crippen LogP contribution in [0.5, 0.6) is 0 Å². The van der Waals surface area contributed by atoms with E-state index in [-0.39, 0.29) is 35.0 Å². The number of nitrogens with two attached hydrogens (primary N) is 1. The molecule has 13 heteroatoms. The van der Waals surface area contributed by atoms with Gasteiger partial charge in [-0.2, -0.15) is 0 Å². The smallest absolute Gasteiger partial charge is 0.410 e. The van der Waals surface area contributed by atoms with E-state index in [0.29, 0.717) is 32.0 Å². The number of aliphatic hydroxyl groups is 2. The fraction of sp³-hybridized carbons (Fsp3) is 0.625. The molecule has 13 nitrogen and oxygen atoms in total. The second-order valence-corrected chi connectivity index (χ2v) is 9.45. The summed E-state index contributed by atoms with van der Waals surface area (Å²) in [6, 6.07) is 0. The van der Waals surface area contributed by atoms with E-state index < -0.39 is 30.4 Å². The molecule has 200 valence electrons. The molecule has 0 spiro atoms. The second-order valence-electron chi connectivity index (χ2n) is 9.45. The Hall–Kier alpha value is -3.47. The Bertz CT molecular complexity index is 1200. The molecular weight excluding hydrogens is 482 g/mol. The van der Waals surface area contributed by atoms with Gasteiger partial charge in [0.05, 0.1) is 12.4 Å². The van der Waals surface area contributed by atoms with Crippen LogP contribution in [0.25, 0.3) is 11.2 Å². The Morgan fingerprint density at radius 1 is 1.27 bits per heavy atom. The molecule has 0 aromatic carbocycles. The van der Waals surface area contributed by atoms with Crippen molar-refractivity contribution in [2.24, 2.45) is 5.92 Å². The molecule has 5 N–H and O–H groups in total. The first-order valence-electron chi connectivity index (χ1n) is 12.4. The van der Waals surface area contributed by atoms with Crippen LogP contribution in [0.3, 0.4) is 0 Å². The van der Waals surface area contributed by atoms with Gasteiger partial charge < -0.3 is 35.6 Å². The zero-order chi connectivity index (χ0) is 26.7. The Kier molecular flexibility index (Phi) is 8.11. The number of aliphatic hydroxyl groups excluding tert-OH is 2. The van der Waals surface area contributed by atoms with Crippen molar-refractivity contribution in [2.75, 3.05) is 25.4 Å². The first kappa shape index (κ1) is 26.6. The molecule has 2 saturated heterocycles. The number of nitrogens with one attached hydrogen (secondary N) is 1. The third kappa shape index (κ3) is 5.76. The van der Waals surface area contributed by atoms with Crippen LogP contribution in [-0.4, -0.2) is 90.7 Å². The molecule has 0 aliphatic carbocycles. The zero-order valence-corrected chi connectivity index (χ0v) is 21.1. The normalized spacial score (nSPS) is 24.2. The number of likely N-dealkylation sites (N-methyl/N-ethyl adjacent to an activating group) is 1. The number of aromatic nitrogens is 4. The van der Waals surface area contributed by atoms with Gasteiger partial charge in [-0.15, -0.1) is 0 Å². The number of imidazole rings is 1. The highest BCUT2D eigenvalue weighted by atomic mass is 16.6. The van der Waals surface area contributed by atoms with E-state index in [1.807, 2.05) is 13.8 Å². The zero-order valence-electron chi connectivity index (χ0n) is 21.1. The molecule has 2 aromatic heterocycles. The molecule has 0 bridgehead atoms. The molecule has 37 heavy (non-hydrogen) atoms. The first-order valence-corrected chi connectivity index (χ1v) is 12.4. The van der Waals surface area contributed by atoms with E-state index in [1.54, 1.807) is 11.8 Å². The van der Waals surface area contributed by atoms with Gasteiger partial charge in [-0.1, -0.05) is 5.92 Å². The Morgan fingerprint density at radius 2 is 2.00 bits per heavy atom. The maximum absolute atomic E-state index is 12.2. The monoisotopic (exact) mass is 515 g/mol. The maximum atomic E-state index is 12.2. The number of anilines is 1. The quantitative estimate of drug-likeness (QED) is 0.401. The highest BCUT2D eigenvalue weighted by Crippen LogP contribution is 2.32. The fourth-order valence-electron chi connectivity index (χ4n) is 4.43. The minimum atomic E-state index is -1.42. The number of nitrogens with zero attached hydrogens (tertiary/aromatic N) is 5. The van der Waals surface area contributed by atoms with E-state index in [2.05, 4.69) is 32.1 Å². The summed E-state index contributed by atoms with van der Waals surface area (Å²) in [5.74, 6) is 6.14. The van der Waals surface area contributed by atoms with Crippen LogP contribution in [0.4, 0.5) is 10.6 Å².